The molecule has 3 heterocycles. The van der Waals surface area contributed by atoms with E-state index in [0.717, 1.165) is 16.7 Å². The Morgan fingerprint density at radius 3 is 2.23 bits per heavy atom. The van der Waals surface area contributed by atoms with Crippen LogP contribution in [0.25, 0.3) is 11.1 Å². The third-order valence-electron chi connectivity index (χ3n) is 8.60. The molecule has 1 spiro atoms. The number of aromatic nitrogens is 1. The molecular formula is C33H29F5N2O3S. The van der Waals surface area contributed by atoms with Crippen LogP contribution in [0.15, 0.2) is 66.9 Å². The monoisotopic (exact) mass is 628 g/mol. The highest BCUT2D eigenvalue weighted by Crippen LogP contribution is 2.47. The number of nitrogens with zero attached hydrogens (tertiary/aromatic N) is 2. The van der Waals surface area contributed by atoms with E-state index in [-0.39, 0.29) is 17.9 Å². The van der Waals surface area contributed by atoms with Gasteiger partial charge in [0.1, 0.15) is 11.4 Å². The maximum absolute atomic E-state index is 14.7. The van der Waals surface area contributed by atoms with Crippen LogP contribution in [0.5, 0.6) is 5.75 Å². The summed E-state index contributed by atoms with van der Waals surface area (Å²) in [5.74, 6) is -9.33. The third-order valence-corrected chi connectivity index (χ3v) is 10.1. The molecule has 1 fully saturated rings. The molecule has 2 aliphatic rings. The smallest absolute Gasteiger partial charge is 0.200 e. The number of hydrogen-bond donors (Lipinski definition) is 0. The third kappa shape index (κ3) is 5.82. The van der Waals surface area contributed by atoms with E-state index in [2.05, 4.69) is 4.98 Å². The van der Waals surface area contributed by atoms with Gasteiger partial charge in [0, 0.05) is 30.8 Å². The average Bonchev–Trinajstić information content (AvgIpc) is 3.01. The molecule has 1 saturated heterocycles. The molecule has 3 aromatic carbocycles. The van der Waals surface area contributed by atoms with Crippen LogP contribution in [0.1, 0.15) is 47.7 Å². The number of likely N-dealkylation sites (tertiary alicyclic amines) is 1. The minimum atomic E-state index is -3.40. The van der Waals surface area contributed by atoms with Crippen molar-refractivity contribution in [1.29, 1.82) is 0 Å². The van der Waals surface area contributed by atoms with Crippen LogP contribution in [0, 0.1) is 29.1 Å². The zero-order valence-corrected chi connectivity index (χ0v) is 24.6. The van der Waals surface area contributed by atoms with Gasteiger partial charge < -0.3 is 4.74 Å². The SMILES string of the molecule is CN1CCC2(CCc3cc(-c4ccc(CS(=O)(=O)Cc5ccccn5)cc4)ccc3O2)CC1c1c(F)c(F)c(F)c(F)c1F. The Morgan fingerprint density at radius 1 is 0.864 bits per heavy atom. The molecule has 44 heavy (non-hydrogen) atoms. The van der Waals surface area contributed by atoms with Crippen molar-refractivity contribution in [2.75, 3.05) is 13.6 Å². The van der Waals surface area contributed by atoms with Crippen molar-refractivity contribution in [2.45, 2.75) is 48.8 Å². The Morgan fingerprint density at radius 2 is 1.55 bits per heavy atom. The van der Waals surface area contributed by atoms with Crippen LogP contribution >= 0.6 is 0 Å². The summed E-state index contributed by atoms with van der Waals surface area (Å²) in [7, 11) is -1.81. The van der Waals surface area contributed by atoms with E-state index in [9.17, 15) is 30.4 Å². The second-order valence-corrected chi connectivity index (χ2v) is 13.7. The molecule has 0 N–H and O–H groups in total. The van der Waals surface area contributed by atoms with Crippen molar-refractivity contribution in [3.8, 4) is 16.9 Å². The second-order valence-electron chi connectivity index (χ2n) is 11.6. The van der Waals surface area contributed by atoms with Crippen molar-refractivity contribution < 1.29 is 35.1 Å². The van der Waals surface area contributed by atoms with E-state index < -0.39 is 56.1 Å². The number of pyridine rings is 1. The van der Waals surface area contributed by atoms with Gasteiger partial charge in [-0.3, -0.25) is 9.88 Å². The van der Waals surface area contributed by atoms with Gasteiger partial charge in [0.2, 0.25) is 5.82 Å². The van der Waals surface area contributed by atoms with Crippen LogP contribution in [-0.4, -0.2) is 37.5 Å². The minimum Gasteiger partial charge on any atom is -0.487 e. The molecule has 4 aromatic rings. The van der Waals surface area contributed by atoms with Crippen molar-refractivity contribution in [3.05, 3.63) is 118 Å². The molecule has 230 valence electrons. The molecule has 2 atom stereocenters. The highest BCUT2D eigenvalue weighted by Gasteiger charge is 2.45. The van der Waals surface area contributed by atoms with E-state index in [1.807, 2.05) is 30.3 Å². The Labute approximate surface area is 252 Å². The summed E-state index contributed by atoms with van der Waals surface area (Å²) in [6.45, 7) is 0.349. The number of halogens is 5. The molecule has 0 saturated carbocycles. The van der Waals surface area contributed by atoms with Gasteiger partial charge in [-0.15, -0.1) is 0 Å². The van der Waals surface area contributed by atoms with Crippen molar-refractivity contribution in [3.63, 3.8) is 0 Å². The first-order chi connectivity index (χ1) is 21.0. The number of piperidine rings is 1. The number of ether oxygens (including phenoxy) is 1. The minimum absolute atomic E-state index is 0.0632. The van der Waals surface area contributed by atoms with E-state index in [1.54, 1.807) is 48.5 Å². The number of benzene rings is 3. The zero-order valence-electron chi connectivity index (χ0n) is 23.8. The standard InChI is InChI=1S/C33H29F5N2O3S/c1-40-15-13-33(17-25(40)27-28(34)30(36)32(38)31(37)29(27)35)12-11-23-16-22(9-10-26(23)43-33)21-7-5-20(6-8-21)18-44(41,42)19-24-4-2-3-14-39-24/h2-10,14,16,25H,11-13,15,17-19H2,1H3. The molecule has 5 nitrogen and oxygen atoms in total. The van der Waals surface area contributed by atoms with Gasteiger partial charge in [-0.2, -0.15) is 0 Å². The molecular weight excluding hydrogens is 599 g/mol. The first-order valence-corrected chi connectivity index (χ1v) is 16.0. The van der Waals surface area contributed by atoms with Crippen molar-refractivity contribution in [2.24, 2.45) is 0 Å². The van der Waals surface area contributed by atoms with Gasteiger partial charge in [-0.25, -0.2) is 30.4 Å². The first-order valence-electron chi connectivity index (χ1n) is 14.2. The maximum atomic E-state index is 14.7. The summed E-state index contributed by atoms with van der Waals surface area (Å²) < 4.78 is 103. The predicted octanol–water partition coefficient (Wildman–Crippen LogP) is 7.09. The average molecular weight is 629 g/mol. The van der Waals surface area contributed by atoms with Gasteiger partial charge in [0.15, 0.2) is 33.1 Å². The fourth-order valence-electron chi connectivity index (χ4n) is 6.21. The number of rotatable bonds is 6. The number of fused-ring (bicyclic) bond motifs is 1. The highest BCUT2D eigenvalue weighted by atomic mass is 32.2. The summed E-state index contributed by atoms with van der Waals surface area (Å²) in [5.41, 5.74) is 2.24. The normalized spacial score (nSPS) is 20.4. The fourth-order valence-corrected chi connectivity index (χ4v) is 7.63. The molecule has 2 unspecified atom stereocenters. The van der Waals surface area contributed by atoms with Crippen LogP contribution in [0.2, 0.25) is 0 Å². The van der Waals surface area contributed by atoms with E-state index >= 15 is 0 Å². The molecule has 2 aliphatic heterocycles. The summed E-state index contributed by atoms with van der Waals surface area (Å²) in [6.07, 6.45) is 3.26. The number of hydrogen-bond acceptors (Lipinski definition) is 5. The summed E-state index contributed by atoms with van der Waals surface area (Å²) >= 11 is 0. The van der Waals surface area contributed by atoms with Gasteiger partial charge in [0.25, 0.3) is 0 Å². The Kier molecular flexibility index (Phi) is 7.96. The van der Waals surface area contributed by atoms with Gasteiger partial charge >= 0.3 is 0 Å². The Hall–Kier alpha value is -3.83. The zero-order chi connectivity index (χ0) is 31.2. The molecule has 1 aromatic heterocycles. The largest absolute Gasteiger partial charge is 0.487 e. The summed E-state index contributed by atoms with van der Waals surface area (Å²) in [5, 5.41) is 0. The van der Waals surface area contributed by atoms with E-state index in [0.29, 0.717) is 42.8 Å². The summed E-state index contributed by atoms with van der Waals surface area (Å²) in [6, 6.07) is 17.1. The highest BCUT2D eigenvalue weighted by molar-refractivity contribution is 7.89. The van der Waals surface area contributed by atoms with Crippen LogP contribution in [0.3, 0.4) is 0 Å². The number of aryl methyl sites for hydroxylation is 1. The lowest BCUT2D eigenvalue weighted by Crippen LogP contribution is -2.50. The molecule has 0 aliphatic carbocycles. The molecule has 11 heteroatoms. The van der Waals surface area contributed by atoms with Gasteiger partial charge in [0.05, 0.1) is 17.2 Å². The lowest BCUT2D eigenvalue weighted by Gasteiger charge is -2.47. The van der Waals surface area contributed by atoms with E-state index in [1.165, 1.54) is 0 Å². The van der Waals surface area contributed by atoms with Crippen LogP contribution < -0.4 is 4.74 Å². The second kappa shape index (κ2) is 11.6. The number of sulfone groups is 1. The van der Waals surface area contributed by atoms with Crippen LogP contribution in [-0.2, 0) is 27.8 Å². The van der Waals surface area contributed by atoms with Crippen molar-refractivity contribution in [1.82, 2.24) is 9.88 Å². The van der Waals surface area contributed by atoms with Gasteiger partial charge in [-0.05, 0) is 72.8 Å². The topological polar surface area (TPSA) is 59.5 Å². The lowest BCUT2D eigenvalue weighted by atomic mass is 9.78. The summed E-state index contributed by atoms with van der Waals surface area (Å²) in [4.78, 5) is 5.69. The Bertz CT molecular complexity index is 1790. The lowest BCUT2D eigenvalue weighted by molar-refractivity contribution is -0.0358. The predicted molar refractivity (Wildman–Crippen MR) is 155 cm³/mol. The van der Waals surface area contributed by atoms with Crippen LogP contribution in [0.4, 0.5) is 22.0 Å². The quantitative estimate of drug-likeness (QED) is 0.130. The molecule has 0 radical (unpaired) electrons. The van der Waals surface area contributed by atoms with E-state index in [4.69, 9.17) is 4.74 Å². The first kappa shape index (κ1) is 30.2. The molecule has 6 rings (SSSR count). The molecule has 0 amide bonds. The Balaban J connectivity index is 1.18. The molecule has 0 bridgehead atoms. The maximum Gasteiger partial charge on any atom is 0.200 e. The van der Waals surface area contributed by atoms with Crippen molar-refractivity contribution >= 4 is 9.84 Å². The fraction of sp³-hybridized carbons (Fsp3) is 0.303. The van der Waals surface area contributed by atoms with Gasteiger partial charge in [-0.1, -0.05) is 36.4 Å².